The van der Waals surface area contributed by atoms with Gasteiger partial charge in [0.1, 0.15) is 5.75 Å². The maximum absolute atomic E-state index is 12.2. The smallest absolute Gasteiger partial charge is 0.253 e. The number of rotatable bonds is 6. The van der Waals surface area contributed by atoms with Crippen molar-refractivity contribution < 1.29 is 9.53 Å². The lowest BCUT2D eigenvalue weighted by Crippen LogP contribution is -2.37. The highest BCUT2D eigenvalue weighted by atomic mass is 32.1. The Bertz CT molecular complexity index is 445. The Morgan fingerprint density at radius 2 is 2.00 bits per heavy atom. The topological polar surface area (TPSA) is 55.6 Å². The monoisotopic (exact) mass is 280 g/mol. The molecule has 19 heavy (non-hydrogen) atoms. The molecule has 1 rings (SSSR count). The highest BCUT2D eigenvalue weighted by Crippen LogP contribution is 2.14. The van der Waals surface area contributed by atoms with Crippen LogP contribution in [0.1, 0.15) is 30.6 Å². The van der Waals surface area contributed by atoms with Gasteiger partial charge in [-0.2, -0.15) is 0 Å². The molecule has 0 aromatic heterocycles. The van der Waals surface area contributed by atoms with Crippen LogP contribution >= 0.6 is 12.2 Å². The fourth-order valence-corrected chi connectivity index (χ4v) is 1.93. The summed E-state index contributed by atoms with van der Waals surface area (Å²) in [7, 11) is 1.75. The molecule has 0 radical (unpaired) electrons. The number of hydrogen-bond donors (Lipinski definition) is 1. The van der Waals surface area contributed by atoms with Gasteiger partial charge in [0.2, 0.25) is 0 Å². The van der Waals surface area contributed by atoms with E-state index < -0.39 is 0 Å². The van der Waals surface area contributed by atoms with Gasteiger partial charge in [0.05, 0.1) is 11.6 Å². The van der Waals surface area contributed by atoms with E-state index in [0.717, 1.165) is 5.75 Å². The van der Waals surface area contributed by atoms with Crippen molar-refractivity contribution >= 4 is 23.1 Å². The van der Waals surface area contributed by atoms with E-state index in [-0.39, 0.29) is 11.9 Å². The largest absolute Gasteiger partial charge is 0.494 e. The van der Waals surface area contributed by atoms with Crippen LogP contribution in [0.25, 0.3) is 0 Å². The van der Waals surface area contributed by atoms with Crippen molar-refractivity contribution in [2.75, 3.05) is 13.7 Å². The summed E-state index contributed by atoms with van der Waals surface area (Å²) in [5, 5.41) is 0. The molecule has 0 saturated heterocycles. The van der Waals surface area contributed by atoms with E-state index in [1.54, 1.807) is 36.2 Å². The van der Waals surface area contributed by atoms with Crippen molar-refractivity contribution in [2.45, 2.75) is 26.3 Å². The molecule has 1 atom stereocenters. The minimum atomic E-state index is -0.0493. The third kappa shape index (κ3) is 4.52. The lowest BCUT2D eigenvalue weighted by molar-refractivity contribution is 0.0748. The van der Waals surface area contributed by atoms with E-state index in [9.17, 15) is 4.79 Å². The number of benzene rings is 1. The molecule has 2 N–H and O–H groups in total. The second kappa shape index (κ2) is 7.09. The summed E-state index contributed by atoms with van der Waals surface area (Å²) in [6.45, 7) is 4.45. The van der Waals surface area contributed by atoms with Crippen molar-refractivity contribution in [3.8, 4) is 5.75 Å². The SMILES string of the molecule is CCOc1ccc(C(=O)N(C)C(C)CC(N)=S)cc1. The van der Waals surface area contributed by atoms with E-state index >= 15 is 0 Å². The second-order valence-corrected chi connectivity index (χ2v) is 4.92. The van der Waals surface area contributed by atoms with Gasteiger partial charge in [0.15, 0.2) is 0 Å². The lowest BCUT2D eigenvalue weighted by Gasteiger charge is -2.24. The molecule has 1 aromatic rings. The number of nitrogens with zero attached hydrogens (tertiary/aromatic N) is 1. The predicted octanol–water partition coefficient (Wildman–Crippen LogP) is 2.22. The Balaban J connectivity index is 2.73. The third-order valence-corrected chi connectivity index (χ3v) is 3.06. The molecule has 0 aliphatic carbocycles. The van der Waals surface area contributed by atoms with Crippen LogP contribution in [0, 0.1) is 0 Å². The van der Waals surface area contributed by atoms with E-state index in [2.05, 4.69) is 0 Å². The number of carbonyl (C=O) groups excluding carboxylic acids is 1. The Morgan fingerprint density at radius 1 is 1.42 bits per heavy atom. The van der Waals surface area contributed by atoms with Crippen LogP contribution in [0.15, 0.2) is 24.3 Å². The van der Waals surface area contributed by atoms with Gasteiger partial charge in [-0.15, -0.1) is 0 Å². The first-order chi connectivity index (χ1) is 8.95. The molecule has 0 fully saturated rings. The summed E-state index contributed by atoms with van der Waals surface area (Å²) >= 11 is 4.86. The van der Waals surface area contributed by atoms with Gasteiger partial charge in [-0.25, -0.2) is 0 Å². The molecule has 1 amide bonds. The molecule has 0 saturated carbocycles. The van der Waals surface area contributed by atoms with E-state index in [0.29, 0.717) is 23.6 Å². The first kappa shape index (κ1) is 15.4. The minimum absolute atomic E-state index is 0.0171. The van der Waals surface area contributed by atoms with Gasteiger partial charge in [0, 0.05) is 25.1 Å². The Hall–Kier alpha value is -1.62. The number of ether oxygens (including phenoxy) is 1. The molecule has 0 spiro atoms. The zero-order chi connectivity index (χ0) is 14.4. The quantitative estimate of drug-likeness (QED) is 0.812. The number of hydrogen-bond acceptors (Lipinski definition) is 3. The molecule has 0 aliphatic heterocycles. The fourth-order valence-electron chi connectivity index (χ4n) is 1.69. The Kier molecular flexibility index (Phi) is 5.76. The van der Waals surface area contributed by atoms with Crippen LogP contribution in [-0.4, -0.2) is 35.5 Å². The van der Waals surface area contributed by atoms with Crippen LogP contribution in [0.3, 0.4) is 0 Å². The van der Waals surface area contributed by atoms with Gasteiger partial charge in [-0.05, 0) is 38.1 Å². The van der Waals surface area contributed by atoms with E-state index in [1.165, 1.54) is 0 Å². The van der Waals surface area contributed by atoms with Crippen LogP contribution in [0.5, 0.6) is 5.75 Å². The molecule has 0 aliphatic rings. The highest BCUT2D eigenvalue weighted by molar-refractivity contribution is 7.80. The second-order valence-electron chi connectivity index (χ2n) is 4.39. The number of amides is 1. The molecule has 104 valence electrons. The van der Waals surface area contributed by atoms with Crippen LogP contribution in [-0.2, 0) is 0 Å². The Labute approximate surface area is 119 Å². The highest BCUT2D eigenvalue weighted by Gasteiger charge is 2.17. The minimum Gasteiger partial charge on any atom is -0.494 e. The third-order valence-electron chi connectivity index (χ3n) is 2.89. The first-order valence-corrected chi connectivity index (χ1v) is 6.64. The zero-order valence-corrected chi connectivity index (χ0v) is 12.4. The molecule has 5 heteroatoms. The fraction of sp³-hybridized carbons (Fsp3) is 0.429. The van der Waals surface area contributed by atoms with Gasteiger partial charge in [-0.1, -0.05) is 12.2 Å². The van der Waals surface area contributed by atoms with E-state index in [1.807, 2.05) is 13.8 Å². The molecular weight excluding hydrogens is 260 g/mol. The van der Waals surface area contributed by atoms with Gasteiger partial charge in [0.25, 0.3) is 5.91 Å². The summed E-state index contributed by atoms with van der Waals surface area (Å²) in [5.74, 6) is 0.713. The summed E-state index contributed by atoms with van der Waals surface area (Å²) in [4.78, 5) is 14.3. The maximum Gasteiger partial charge on any atom is 0.253 e. The van der Waals surface area contributed by atoms with E-state index in [4.69, 9.17) is 22.7 Å². The normalized spacial score (nSPS) is 11.7. The number of carbonyl (C=O) groups is 1. The Morgan fingerprint density at radius 3 is 2.47 bits per heavy atom. The average molecular weight is 280 g/mol. The van der Waals surface area contributed by atoms with Crippen molar-refractivity contribution in [2.24, 2.45) is 5.73 Å². The van der Waals surface area contributed by atoms with Crippen molar-refractivity contribution in [1.29, 1.82) is 0 Å². The molecule has 1 unspecified atom stereocenters. The van der Waals surface area contributed by atoms with Gasteiger partial charge < -0.3 is 15.4 Å². The van der Waals surface area contributed by atoms with Crippen LogP contribution < -0.4 is 10.5 Å². The van der Waals surface area contributed by atoms with Crippen LogP contribution in [0.4, 0.5) is 0 Å². The zero-order valence-electron chi connectivity index (χ0n) is 11.6. The maximum atomic E-state index is 12.2. The summed E-state index contributed by atoms with van der Waals surface area (Å²) in [6, 6.07) is 7.09. The number of nitrogens with two attached hydrogens (primary N) is 1. The molecular formula is C14H20N2O2S. The molecule has 0 bridgehead atoms. The predicted molar refractivity (Wildman–Crippen MR) is 80.6 cm³/mol. The van der Waals surface area contributed by atoms with Crippen molar-refractivity contribution in [1.82, 2.24) is 4.90 Å². The lowest BCUT2D eigenvalue weighted by atomic mass is 10.1. The summed E-state index contributed by atoms with van der Waals surface area (Å²) < 4.78 is 5.34. The molecule has 1 aromatic carbocycles. The first-order valence-electron chi connectivity index (χ1n) is 6.24. The van der Waals surface area contributed by atoms with Crippen LogP contribution in [0.2, 0.25) is 0 Å². The summed E-state index contributed by atoms with van der Waals surface area (Å²) in [5.41, 5.74) is 6.13. The van der Waals surface area contributed by atoms with Gasteiger partial charge in [-0.3, -0.25) is 4.79 Å². The van der Waals surface area contributed by atoms with Crippen molar-refractivity contribution in [3.05, 3.63) is 29.8 Å². The van der Waals surface area contributed by atoms with Gasteiger partial charge >= 0.3 is 0 Å². The average Bonchev–Trinajstić information content (AvgIpc) is 2.37. The summed E-state index contributed by atoms with van der Waals surface area (Å²) in [6.07, 6.45) is 0.522. The van der Waals surface area contributed by atoms with Crippen molar-refractivity contribution in [3.63, 3.8) is 0 Å². The molecule has 0 heterocycles. The number of thiocarbonyl (C=S) groups is 1. The standard InChI is InChI=1S/C14H20N2O2S/c1-4-18-12-7-5-11(6-8-12)14(17)16(3)10(2)9-13(15)19/h5-8,10H,4,9H2,1-3H3,(H2,15,19). The molecule has 4 nitrogen and oxygen atoms in total.